The summed E-state index contributed by atoms with van der Waals surface area (Å²) < 4.78 is 0. The molecule has 0 saturated heterocycles. The van der Waals surface area contributed by atoms with Gasteiger partial charge >= 0.3 is 0 Å². The molecule has 0 aromatic carbocycles. The van der Waals surface area contributed by atoms with E-state index in [9.17, 15) is 4.79 Å². The van der Waals surface area contributed by atoms with E-state index < -0.39 is 0 Å². The number of rotatable bonds is 3. The summed E-state index contributed by atoms with van der Waals surface area (Å²) in [4.78, 5) is 11.2. The van der Waals surface area contributed by atoms with E-state index in [1.807, 2.05) is 0 Å². The SMILES string of the molecule is C=CCNC(=O)C1CC=CC1. The lowest BCUT2D eigenvalue weighted by Gasteiger charge is -2.07. The van der Waals surface area contributed by atoms with E-state index in [0.29, 0.717) is 6.54 Å². The minimum Gasteiger partial charge on any atom is -0.352 e. The summed E-state index contributed by atoms with van der Waals surface area (Å²) >= 11 is 0. The molecule has 1 aliphatic rings. The van der Waals surface area contributed by atoms with Gasteiger partial charge in [-0.1, -0.05) is 18.2 Å². The highest BCUT2D eigenvalue weighted by Crippen LogP contribution is 2.17. The molecule has 1 N–H and O–H groups in total. The smallest absolute Gasteiger partial charge is 0.223 e. The molecule has 1 rings (SSSR count). The predicted octanol–water partition coefficient (Wildman–Crippen LogP) is 1.25. The van der Waals surface area contributed by atoms with Crippen molar-refractivity contribution in [3.63, 3.8) is 0 Å². The quantitative estimate of drug-likeness (QED) is 0.604. The zero-order valence-electron chi connectivity index (χ0n) is 6.55. The van der Waals surface area contributed by atoms with Gasteiger partial charge in [0.05, 0.1) is 0 Å². The molecule has 0 aromatic rings. The molecule has 0 unspecified atom stereocenters. The fraction of sp³-hybridized carbons (Fsp3) is 0.444. The Bertz CT molecular complexity index is 176. The van der Waals surface area contributed by atoms with Gasteiger partial charge < -0.3 is 5.32 Å². The highest BCUT2D eigenvalue weighted by Gasteiger charge is 2.17. The van der Waals surface area contributed by atoms with Crippen LogP contribution >= 0.6 is 0 Å². The van der Waals surface area contributed by atoms with Crippen LogP contribution in [0.25, 0.3) is 0 Å². The van der Waals surface area contributed by atoms with Crippen molar-refractivity contribution in [3.8, 4) is 0 Å². The van der Waals surface area contributed by atoms with Crippen LogP contribution in [0.2, 0.25) is 0 Å². The lowest BCUT2D eigenvalue weighted by molar-refractivity contribution is -0.124. The topological polar surface area (TPSA) is 29.1 Å². The lowest BCUT2D eigenvalue weighted by Crippen LogP contribution is -2.29. The van der Waals surface area contributed by atoms with E-state index in [0.717, 1.165) is 12.8 Å². The van der Waals surface area contributed by atoms with Crippen molar-refractivity contribution < 1.29 is 4.79 Å². The molecule has 0 fully saturated rings. The van der Waals surface area contributed by atoms with Crippen molar-refractivity contribution in [2.24, 2.45) is 5.92 Å². The zero-order valence-corrected chi connectivity index (χ0v) is 6.55. The predicted molar refractivity (Wildman–Crippen MR) is 45.1 cm³/mol. The fourth-order valence-corrected chi connectivity index (χ4v) is 1.15. The monoisotopic (exact) mass is 151 g/mol. The molecular formula is C9H13NO. The molecule has 0 atom stereocenters. The van der Waals surface area contributed by atoms with Crippen LogP contribution < -0.4 is 5.32 Å². The first-order valence-corrected chi connectivity index (χ1v) is 3.88. The summed E-state index contributed by atoms with van der Waals surface area (Å²) in [6.07, 6.45) is 7.59. The van der Waals surface area contributed by atoms with Crippen molar-refractivity contribution in [3.05, 3.63) is 24.8 Å². The Morgan fingerprint density at radius 2 is 2.27 bits per heavy atom. The summed E-state index contributed by atoms with van der Waals surface area (Å²) in [5.41, 5.74) is 0. The standard InChI is InChI=1S/C9H13NO/c1-2-7-10-9(11)8-5-3-4-6-8/h2-4,8H,1,5-7H2,(H,10,11). The van der Waals surface area contributed by atoms with Gasteiger partial charge in [-0.05, 0) is 12.8 Å². The van der Waals surface area contributed by atoms with Crippen LogP contribution in [0, 0.1) is 5.92 Å². The number of allylic oxidation sites excluding steroid dienone is 2. The first-order chi connectivity index (χ1) is 5.34. The van der Waals surface area contributed by atoms with Gasteiger partial charge in [-0.2, -0.15) is 0 Å². The lowest BCUT2D eigenvalue weighted by atomic mass is 10.1. The van der Waals surface area contributed by atoms with E-state index in [-0.39, 0.29) is 11.8 Å². The van der Waals surface area contributed by atoms with Crippen LogP contribution in [0.3, 0.4) is 0 Å². The van der Waals surface area contributed by atoms with Crippen molar-refractivity contribution in [1.29, 1.82) is 0 Å². The van der Waals surface area contributed by atoms with Gasteiger partial charge in [0.1, 0.15) is 0 Å². The maximum absolute atomic E-state index is 11.2. The van der Waals surface area contributed by atoms with Gasteiger partial charge in [-0.15, -0.1) is 6.58 Å². The Balaban J connectivity index is 2.24. The fourth-order valence-electron chi connectivity index (χ4n) is 1.15. The van der Waals surface area contributed by atoms with Gasteiger partial charge in [-0.3, -0.25) is 4.79 Å². The minimum atomic E-state index is 0.148. The van der Waals surface area contributed by atoms with Crippen LogP contribution in [0.1, 0.15) is 12.8 Å². The van der Waals surface area contributed by atoms with Crippen molar-refractivity contribution >= 4 is 5.91 Å². The molecule has 0 bridgehead atoms. The highest BCUT2D eigenvalue weighted by molar-refractivity contribution is 5.79. The number of carbonyl (C=O) groups excluding carboxylic acids is 1. The molecule has 0 heterocycles. The number of hydrogen-bond acceptors (Lipinski definition) is 1. The van der Waals surface area contributed by atoms with Crippen molar-refractivity contribution in [2.45, 2.75) is 12.8 Å². The Morgan fingerprint density at radius 3 is 2.82 bits per heavy atom. The van der Waals surface area contributed by atoms with Gasteiger partial charge in [0.2, 0.25) is 5.91 Å². The molecule has 0 aromatic heterocycles. The van der Waals surface area contributed by atoms with Gasteiger partial charge in [0.25, 0.3) is 0 Å². The average Bonchev–Trinajstić information content (AvgIpc) is 2.52. The minimum absolute atomic E-state index is 0.148. The third-order valence-electron chi connectivity index (χ3n) is 1.80. The molecule has 2 heteroatoms. The second-order valence-electron chi connectivity index (χ2n) is 2.67. The Hall–Kier alpha value is -1.05. The molecule has 60 valence electrons. The van der Waals surface area contributed by atoms with Crippen molar-refractivity contribution in [1.82, 2.24) is 5.32 Å². The number of carbonyl (C=O) groups is 1. The van der Waals surface area contributed by atoms with Gasteiger partial charge in [0, 0.05) is 12.5 Å². The van der Waals surface area contributed by atoms with Crippen LogP contribution in [0.5, 0.6) is 0 Å². The summed E-state index contributed by atoms with van der Waals surface area (Å²) in [5.74, 6) is 0.324. The molecule has 11 heavy (non-hydrogen) atoms. The van der Waals surface area contributed by atoms with E-state index in [2.05, 4.69) is 24.0 Å². The van der Waals surface area contributed by atoms with E-state index >= 15 is 0 Å². The molecule has 0 spiro atoms. The maximum atomic E-state index is 11.2. The Labute approximate surface area is 67.0 Å². The van der Waals surface area contributed by atoms with Crippen LogP contribution in [-0.2, 0) is 4.79 Å². The second-order valence-corrected chi connectivity index (χ2v) is 2.67. The summed E-state index contributed by atoms with van der Waals surface area (Å²) in [6, 6.07) is 0. The second kappa shape index (κ2) is 3.96. The first kappa shape index (κ1) is 8.05. The molecular weight excluding hydrogens is 138 g/mol. The largest absolute Gasteiger partial charge is 0.352 e. The van der Waals surface area contributed by atoms with Gasteiger partial charge in [-0.25, -0.2) is 0 Å². The summed E-state index contributed by atoms with van der Waals surface area (Å²) in [5, 5.41) is 2.78. The van der Waals surface area contributed by atoms with Crippen LogP contribution in [0.15, 0.2) is 24.8 Å². The average molecular weight is 151 g/mol. The molecule has 0 aliphatic heterocycles. The van der Waals surface area contributed by atoms with E-state index in [1.165, 1.54) is 0 Å². The zero-order chi connectivity index (χ0) is 8.10. The van der Waals surface area contributed by atoms with Gasteiger partial charge in [0.15, 0.2) is 0 Å². The normalized spacial score (nSPS) is 16.7. The first-order valence-electron chi connectivity index (χ1n) is 3.88. The molecule has 2 nitrogen and oxygen atoms in total. The van der Waals surface area contributed by atoms with Crippen molar-refractivity contribution in [2.75, 3.05) is 6.54 Å². The molecule has 1 aliphatic carbocycles. The summed E-state index contributed by atoms with van der Waals surface area (Å²) in [7, 11) is 0. The van der Waals surface area contributed by atoms with Crippen LogP contribution in [0.4, 0.5) is 0 Å². The number of amides is 1. The number of nitrogens with one attached hydrogen (secondary N) is 1. The highest BCUT2D eigenvalue weighted by atomic mass is 16.1. The molecule has 0 saturated carbocycles. The maximum Gasteiger partial charge on any atom is 0.223 e. The van der Waals surface area contributed by atoms with Crippen LogP contribution in [-0.4, -0.2) is 12.5 Å². The third kappa shape index (κ3) is 2.22. The van der Waals surface area contributed by atoms with E-state index in [1.54, 1.807) is 6.08 Å². The third-order valence-corrected chi connectivity index (χ3v) is 1.80. The molecule has 1 amide bonds. The molecule has 0 radical (unpaired) electrons. The number of hydrogen-bond donors (Lipinski definition) is 1. The Morgan fingerprint density at radius 1 is 1.64 bits per heavy atom. The van der Waals surface area contributed by atoms with E-state index in [4.69, 9.17) is 0 Å². The summed E-state index contributed by atoms with van der Waals surface area (Å²) in [6.45, 7) is 4.11. The Kier molecular flexibility index (Phi) is 2.90.